The van der Waals surface area contributed by atoms with Crippen LogP contribution >= 0.6 is 0 Å². The van der Waals surface area contributed by atoms with Crippen molar-refractivity contribution in [3.05, 3.63) is 77.6 Å². The highest BCUT2D eigenvalue weighted by Crippen LogP contribution is 2.20. The minimum atomic E-state index is 0.993. The van der Waals surface area contributed by atoms with E-state index in [1.807, 2.05) is 25.1 Å². The van der Waals surface area contributed by atoms with Gasteiger partial charge >= 0.3 is 0 Å². The van der Waals surface area contributed by atoms with Crippen molar-refractivity contribution in [1.29, 1.82) is 0 Å². The molecule has 0 saturated carbocycles. The summed E-state index contributed by atoms with van der Waals surface area (Å²) in [5.74, 6) is 0. The van der Waals surface area contributed by atoms with E-state index in [4.69, 9.17) is 0 Å². The van der Waals surface area contributed by atoms with Crippen LogP contribution in [0.1, 0.15) is 17.0 Å². The van der Waals surface area contributed by atoms with E-state index in [1.54, 1.807) is 0 Å². The molecule has 2 aromatic carbocycles. The first kappa shape index (κ1) is 11.7. The van der Waals surface area contributed by atoms with Crippen LogP contribution in [0, 0.1) is 6.92 Å². The Labute approximate surface area is 113 Å². The third-order valence-electron chi connectivity index (χ3n) is 3.17. The topological polar surface area (TPSA) is 12.9 Å². The lowest BCUT2D eigenvalue weighted by molar-refractivity contribution is 1.18. The van der Waals surface area contributed by atoms with Gasteiger partial charge in [-0.3, -0.25) is 4.98 Å². The van der Waals surface area contributed by atoms with Gasteiger partial charge in [-0.15, -0.1) is 0 Å². The SMILES string of the molecule is Cc1cccc(C=Cc2cccc3ccccc23)n1. The Morgan fingerprint density at radius 1 is 0.789 bits per heavy atom. The lowest BCUT2D eigenvalue weighted by Crippen LogP contribution is -1.83. The average molecular weight is 245 g/mol. The molecule has 0 spiro atoms. The van der Waals surface area contributed by atoms with E-state index in [0.29, 0.717) is 0 Å². The Hall–Kier alpha value is -2.41. The highest BCUT2D eigenvalue weighted by Gasteiger charge is 1.96. The summed E-state index contributed by atoms with van der Waals surface area (Å²) in [4.78, 5) is 4.48. The smallest absolute Gasteiger partial charge is 0.0633 e. The van der Waals surface area contributed by atoms with Gasteiger partial charge in [-0.25, -0.2) is 0 Å². The van der Waals surface area contributed by atoms with Crippen molar-refractivity contribution in [2.24, 2.45) is 0 Å². The molecule has 0 aliphatic rings. The maximum absolute atomic E-state index is 4.48. The molecule has 0 bridgehead atoms. The summed E-state index contributed by atoms with van der Waals surface area (Å²) in [5.41, 5.74) is 3.26. The Kier molecular flexibility index (Phi) is 3.11. The van der Waals surface area contributed by atoms with Crippen molar-refractivity contribution < 1.29 is 0 Å². The largest absolute Gasteiger partial charge is 0.254 e. The van der Waals surface area contributed by atoms with Gasteiger partial charge in [0.1, 0.15) is 0 Å². The van der Waals surface area contributed by atoms with Crippen molar-refractivity contribution in [3.63, 3.8) is 0 Å². The average Bonchev–Trinajstić information content (AvgIpc) is 2.45. The standard InChI is InChI=1S/C18H15N/c1-14-6-4-10-17(19-14)13-12-16-9-5-8-15-7-2-3-11-18(15)16/h2-13H,1H3. The van der Waals surface area contributed by atoms with E-state index >= 15 is 0 Å². The lowest BCUT2D eigenvalue weighted by atomic mass is 10.0. The highest BCUT2D eigenvalue weighted by molar-refractivity contribution is 5.92. The summed E-state index contributed by atoms with van der Waals surface area (Å²) in [6.45, 7) is 2.01. The number of pyridine rings is 1. The summed E-state index contributed by atoms with van der Waals surface area (Å²) >= 11 is 0. The quantitative estimate of drug-likeness (QED) is 0.637. The zero-order valence-corrected chi connectivity index (χ0v) is 10.9. The Balaban J connectivity index is 2.02. The third-order valence-corrected chi connectivity index (χ3v) is 3.17. The van der Waals surface area contributed by atoms with Crippen molar-refractivity contribution in [1.82, 2.24) is 4.98 Å². The van der Waals surface area contributed by atoms with E-state index in [1.165, 1.54) is 16.3 Å². The van der Waals surface area contributed by atoms with Gasteiger partial charge in [0, 0.05) is 5.69 Å². The molecule has 1 heteroatoms. The molecule has 3 rings (SSSR count). The summed E-state index contributed by atoms with van der Waals surface area (Å²) < 4.78 is 0. The zero-order valence-electron chi connectivity index (χ0n) is 10.9. The molecule has 3 aromatic rings. The first-order chi connectivity index (χ1) is 9.33. The fourth-order valence-electron chi connectivity index (χ4n) is 2.23. The van der Waals surface area contributed by atoms with Crippen LogP contribution in [-0.4, -0.2) is 4.98 Å². The van der Waals surface area contributed by atoms with E-state index in [0.717, 1.165) is 11.4 Å². The molecule has 0 aliphatic heterocycles. The van der Waals surface area contributed by atoms with Crippen LogP contribution in [0.3, 0.4) is 0 Å². The Bertz CT molecular complexity index is 736. The molecule has 0 saturated heterocycles. The molecule has 19 heavy (non-hydrogen) atoms. The van der Waals surface area contributed by atoms with Crippen LogP contribution < -0.4 is 0 Å². The molecular weight excluding hydrogens is 230 g/mol. The second kappa shape index (κ2) is 5.07. The monoisotopic (exact) mass is 245 g/mol. The molecule has 0 N–H and O–H groups in total. The molecule has 0 amide bonds. The lowest BCUT2D eigenvalue weighted by Gasteiger charge is -2.01. The predicted molar refractivity (Wildman–Crippen MR) is 81.9 cm³/mol. The molecule has 0 fully saturated rings. The van der Waals surface area contributed by atoms with Crippen LogP contribution in [0.15, 0.2) is 60.7 Å². The van der Waals surface area contributed by atoms with Crippen LogP contribution in [0.25, 0.3) is 22.9 Å². The van der Waals surface area contributed by atoms with Gasteiger partial charge in [-0.05, 0) is 41.5 Å². The molecule has 0 radical (unpaired) electrons. The van der Waals surface area contributed by atoms with Crippen LogP contribution in [0.5, 0.6) is 0 Å². The van der Waals surface area contributed by atoms with Crippen LogP contribution in [0.4, 0.5) is 0 Å². The minimum Gasteiger partial charge on any atom is -0.254 e. The second-order valence-electron chi connectivity index (χ2n) is 4.61. The number of aromatic nitrogens is 1. The van der Waals surface area contributed by atoms with Crippen molar-refractivity contribution in [2.75, 3.05) is 0 Å². The van der Waals surface area contributed by atoms with E-state index in [-0.39, 0.29) is 0 Å². The first-order valence-corrected chi connectivity index (χ1v) is 6.42. The summed E-state index contributed by atoms with van der Waals surface area (Å²) in [6, 6.07) is 20.9. The number of rotatable bonds is 2. The maximum Gasteiger partial charge on any atom is 0.0633 e. The van der Waals surface area contributed by atoms with E-state index in [9.17, 15) is 0 Å². The number of hydrogen-bond donors (Lipinski definition) is 0. The number of aryl methyl sites for hydroxylation is 1. The fraction of sp³-hybridized carbons (Fsp3) is 0.0556. The summed E-state index contributed by atoms with van der Waals surface area (Å²) in [6.07, 6.45) is 4.19. The number of fused-ring (bicyclic) bond motifs is 1. The number of benzene rings is 2. The van der Waals surface area contributed by atoms with Crippen molar-refractivity contribution >= 4 is 22.9 Å². The summed E-state index contributed by atoms with van der Waals surface area (Å²) in [5, 5.41) is 2.54. The first-order valence-electron chi connectivity index (χ1n) is 6.42. The van der Waals surface area contributed by atoms with Gasteiger partial charge < -0.3 is 0 Å². The van der Waals surface area contributed by atoms with Gasteiger partial charge in [-0.1, -0.05) is 54.6 Å². The molecule has 0 atom stereocenters. The zero-order chi connectivity index (χ0) is 13.1. The molecule has 1 heterocycles. The molecule has 1 nitrogen and oxygen atoms in total. The maximum atomic E-state index is 4.48. The fourth-order valence-corrected chi connectivity index (χ4v) is 2.23. The summed E-state index contributed by atoms with van der Waals surface area (Å²) in [7, 11) is 0. The number of nitrogens with zero attached hydrogens (tertiary/aromatic N) is 1. The normalized spacial score (nSPS) is 11.2. The molecular formula is C18H15N. The molecule has 92 valence electrons. The third kappa shape index (κ3) is 2.55. The van der Waals surface area contributed by atoms with Crippen LogP contribution in [0.2, 0.25) is 0 Å². The molecule has 1 aromatic heterocycles. The van der Waals surface area contributed by atoms with Gasteiger partial charge in [-0.2, -0.15) is 0 Å². The highest BCUT2D eigenvalue weighted by atomic mass is 14.7. The van der Waals surface area contributed by atoms with E-state index < -0.39 is 0 Å². The second-order valence-corrected chi connectivity index (χ2v) is 4.61. The predicted octanol–water partition coefficient (Wildman–Crippen LogP) is 4.71. The minimum absolute atomic E-state index is 0.993. The van der Waals surface area contributed by atoms with Gasteiger partial charge in [0.25, 0.3) is 0 Å². The van der Waals surface area contributed by atoms with Gasteiger partial charge in [0.2, 0.25) is 0 Å². The van der Waals surface area contributed by atoms with Crippen molar-refractivity contribution in [3.8, 4) is 0 Å². The van der Waals surface area contributed by atoms with E-state index in [2.05, 4.69) is 59.6 Å². The number of hydrogen-bond acceptors (Lipinski definition) is 1. The van der Waals surface area contributed by atoms with Gasteiger partial charge in [0.05, 0.1) is 5.69 Å². The van der Waals surface area contributed by atoms with Gasteiger partial charge in [0.15, 0.2) is 0 Å². The molecule has 0 aliphatic carbocycles. The van der Waals surface area contributed by atoms with Crippen molar-refractivity contribution in [2.45, 2.75) is 6.92 Å². The Morgan fingerprint density at radius 2 is 1.58 bits per heavy atom. The molecule has 0 unspecified atom stereocenters. The van der Waals surface area contributed by atoms with Crippen LogP contribution in [-0.2, 0) is 0 Å². The Morgan fingerprint density at radius 3 is 2.47 bits per heavy atom.